The van der Waals surface area contributed by atoms with E-state index in [9.17, 15) is 9.90 Å². The molecule has 1 aromatic carbocycles. The Morgan fingerprint density at radius 2 is 1.86 bits per heavy atom. The van der Waals surface area contributed by atoms with Gasteiger partial charge in [0.05, 0.1) is 13.7 Å². The number of carbonyl (C=O) groups is 1. The summed E-state index contributed by atoms with van der Waals surface area (Å²) in [7, 11) is 3.15. The van der Waals surface area contributed by atoms with E-state index >= 15 is 0 Å². The molecule has 9 heteroatoms. The normalized spacial score (nSPS) is 48.4. The molecule has 5 heterocycles. The highest BCUT2D eigenvalue weighted by Gasteiger charge is 2.89. The lowest BCUT2D eigenvalue weighted by molar-refractivity contribution is -0.436. The van der Waals surface area contributed by atoms with Gasteiger partial charge in [0, 0.05) is 42.4 Å². The van der Waals surface area contributed by atoms with E-state index in [0.29, 0.717) is 36.3 Å². The van der Waals surface area contributed by atoms with Crippen LogP contribution in [0.1, 0.15) is 67.1 Å². The number of cyclic esters (lactones) is 1. The van der Waals surface area contributed by atoms with Crippen LogP contribution in [-0.4, -0.2) is 60.5 Å². The molecule has 4 fully saturated rings. The van der Waals surface area contributed by atoms with Crippen molar-refractivity contribution in [3.63, 3.8) is 0 Å². The van der Waals surface area contributed by atoms with Gasteiger partial charge in [-0.05, 0) is 39.2 Å². The summed E-state index contributed by atoms with van der Waals surface area (Å²) in [6, 6.07) is 0. The van der Waals surface area contributed by atoms with Crippen molar-refractivity contribution in [2.45, 2.75) is 88.5 Å². The van der Waals surface area contributed by atoms with E-state index in [1.807, 2.05) is 20.8 Å². The smallest absolute Gasteiger partial charge is 0.342 e. The predicted octanol–water partition coefficient (Wildman–Crippen LogP) is 2.75. The third kappa shape index (κ3) is 2.16. The molecule has 7 atom stereocenters. The molecule has 1 saturated carbocycles. The molecule has 2 bridgehead atoms. The van der Waals surface area contributed by atoms with Crippen LogP contribution in [-0.2, 0) is 36.7 Å². The number of hydrogen-bond acceptors (Lipinski definition) is 9. The summed E-state index contributed by atoms with van der Waals surface area (Å²) in [5.41, 5.74) is -0.424. The number of methoxy groups -OCH3 is 2. The first-order valence-electron chi connectivity index (χ1n) is 12.3. The van der Waals surface area contributed by atoms with Crippen molar-refractivity contribution >= 4 is 5.97 Å². The maximum Gasteiger partial charge on any atom is 0.342 e. The second-order valence-electron chi connectivity index (χ2n) is 11.7. The summed E-state index contributed by atoms with van der Waals surface area (Å²) in [4.78, 5) is 12.6. The van der Waals surface area contributed by atoms with Gasteiger partial charge in [-0.1, -0.05) is 6.92 Å². The van der Waals surface area contributed by atoms with Crippen LogP contribution in [0.25, 0.3) is 0 Å². The van der Waals surface area contributed by atoms with Crippen LogP contribution >= 0.6 is 0 Å². The molecular weight excluding hydrogens is 456 g/mol. The maximum atomic E-state index is 12.6. The Hall–Kier alpha value is -1.91. The summed E-state index contributed by atoms with van der Waals surface area (Å²) >= 11 is 0. The minimum Gasteiger partial charge on any atom is -0.495 e. The summed E-state index contributed by atoms with van der Waals surface area (Å²) in [6.45, 7) is 8.48. The van der Waals surface area contributed by atoms with E-state index in [1.165, 1.54) is 0 Å². The lowest BCUT2D eigenvalue weighted by Crippen LogP contribution is -2.79. The summed E-state index contributed by atoms with van der Waals surface area (Å²) in [5.74, 6) is -2.09. The molecule has 1 aromatic rings. The van der Waals surface area contributed by atoms with Crippen LogP contribution in [0.3, 0.4) is 0 Å². The zero-order valence-corrected chi connectivity index (χ0v) is 21.0. The molecule has 0 aromatic heterocycles. The molecule has 0 amide bonds. The number of carbonyl (C=O) groups excluding carboxylic acids is 1. The third-order valence-corrected chi connectivity index (χ3v) is 10.1. The van der Waals surface area contributed by atoms with Crippen LogP contribution in [0.5, 0.6) is 11.5 Å². The standard InChI is InChI=1S/C26H32O9/c1-13-15-10-31-20(27)17(15)19(29-5)14-9-16-21(2)7-8-25(30-6)34-23(4)12-32-24(28,26(21,23)35-25)11-22(16,3)33-18(13)14/h16,28H,7-12H2,1-6H3/t16-,21-,22+,23+,24+,25+,26+/m1/s1. The predicted molar refractivity (Wildman–Crippen MR) is 119 cm³/mol. The Labute approximate surface area is 203 Å². The minimum atomic E-state index is -1.63. The third-order valence-electron chi connectivity index (χ3n) is 10.1. The van der Waals surface area contributed by atoms with E-state index < -0.39 is 34.0 Å². The summed E-state index contributed by atoms with van der Waals surface area (Å²) in [5, 5.41) is 12.2. The molecular formula is C26H32O9. The van der Waals surface area contributed by atoms with Crippen LogP contribution < -0.4 is 9.47 Å². The van der Waals surface area contributed by atoms with Gasteiger partial charge in [-0.2, -0.15) is 0 Å². The van der Waals surface area contributed by atoms with Crippen molar-refractivity contribution in [2.24, 2.45) is 11.3 Å². The Kier molecular flexibility index (Phi) is 3.91. The van der Waals surface area contributed by atoms with Crippen molar-refractivity contribution < 1.29 is 43.1 Å². The molecule has 0 radical (unpaired) electrons. The molecule has 190 valence electrons. The average Bonchev–Trinajstić information content (AvgIpc) is 3.37. The number of benzene rings is 1. The molecule has 6 aliphatic rings. The second-order valence-corrected chi connectivity index (χ2v) is 11.7. The average molecular weight is 489 g/mol. The van der Waals surface area contributed by atoms with Gasteiger partial charge in [0.25, 0.3) is 5.97 Å². The quantitative estimate of drug-likeness (QED) is 0.630. The molecule has 1 N–H and O–H groups in total. The van der Waals surface area contributed by atoms with Crippen molar-refractivity contribution in [3.05, 3.63) is 22.3 Å². The fourth-order valence-electron chi connectivity index (χ4n) is 8.75. The Morgan fingerprint density at radius 1 is 1.09 bits per heavy atom. The van der Waals surface area contributed by atoms with Gasteiger partial charge < -0.3 is 38.3 Å². The molecule has 35 heavy (non-hydrogen) atoms. The van der Waals surface area contributed by atoms with Crippen LogP contribution in [0.15, 0.2) is 0 Å². The van der Waals surface area contributed by atoms with Crippen LogP contribution in [0, 0.1) is 18.3 Å². The first-order valence-corrected chi connectivity index (χ1v) is 12.3. The van der Waals surface area contributed by atoms with Crippen molar-refractivity contribution in [2.75, 3.05) is 20.8 Å². The molecule has 3 saturated heterocycles. The SMILES string of the molecule is COc1c2c(c(C)c3c1C(=O)OC3)O[C@@]1(C)C[C@]3(O)OC[C@]4(C)O[C@@]5(OC)CC[C@](C)([C@H]1C2)[C@]43O5. The number of fused-ring (bicyclic) bond motifs is 5. The van der Waals surface area contributed by atoms with Gasteiger partial charge in [0.15, 0.2) is 5.60 Å². The van der Waals surface area contributed by atoms with E-state index in [0.717, 1.165) is 16.7 Å². The van der Waals surface area contributed by atoms with E-state index in [2.05, 4.69) is 6.92 Å². The van der Waals surface area contributed by atoms with E-state index in [1.54, 1.807) is 14.2 Å². The van der Waals surface area contributed by atoms with Gasteiger partial charge in [-0.25, -0.2) is 4.79 Å². The van der Waals surface area contributed by atoms with Crippen LogP contribution in [0.4, 0.5) is 0 Å². The summed E-state index contributed by atoms with van der Waals surface area (Å²) in [6.07, 6.45) is 1.98. The lowest BCUT2D eigenvalue weighted by atomic mass is 9.45. The fraction of sp³-hybridized carbons (Fsp3) is 0.731. The van der Waals surface area contributed by atoms with Crippen molar-refractivity contribution in [3.8, 4) is 11.5 Å². The monoisotopic (exact) mass is 488 g/mol. The highest BCUT2D eigenvalue weighted by atomic mass is 16.9. The van der Waals surface area contributed by atoms with E-state index in [4.69, 9.17) is 33.2 Å². The minimum absolute atomic E-state index is 0.0934. The zero-order valence-electron chi connectivity index (χ0n) is 21.0. The largest absolute Gasteiger partial charge is 0.495 e. The number of ether oxygens (including phenoxy) is 7. The van der Waals surface area contributed by atoms with Crippen LogP contribution in [0.2, 0.25) is 0 Å². The Balaban J connectivity index is 1.45. The first kappa shape index (κ1) is 22.3. The highest BCUT2D eigenvalue weighted by molar-refractivity contribution is 5.98. The van der Waals surface area contributed by atoms with Gasteiger partial charge in [-0.3, -0.25) is 0 Å². The molecule has 9 nitrogen and oxygen atoms in total. The Morgan fingerprint density at radius 3 is 2.57 bits per heavy atom. The molecule has 5 aliphatic heterocycles. The van der Waals surface area contributed by atoms with Crippen molar-refractivity contribution in [1.82, 2.24) is 0 Å². The fourth-order valence-corrected chi connectivity index (χ4v) is 8.75. The molecule has 1 spiro atoms. The zero-order chi connectivity index (χ0) is 24.8. The molecule has 0 unspecified atom stereocenters. The van der Waals surface area contributed by atoms with Gasteiger partial charge in [-0.15, -0.1) is 0 Å². The first-order chi connectivity index (χ1) is 16.4. The number of hydrogen-bond donors (Lipinski definition) is 1. The molecule has 7 rings (SSSR count). The topological polar surface area (TPSA) is 102 Å². The lowest BCUT2D eigenvalue weighted by Gasteiger charge is -2.66. The van der Waals surface area contributed by atoms with Gasteiger partial charge in [0.1, 0.15) is 34.9 Å². The summed E-state index contributed by atoms with van der Waals surface area (Å²) < 4.78 is 43.1. The number of rotatable bonds is 2. The van der Waals surface area contributed by atoms with Gasteiger partial charge in [0.2, 0.25) is 5.79 Å². The highest BCUT2D eigenvalue weighted by Crippen LogP contribution is 2.75. The van der Waals surface area contributed by atoms with Crippen molar-refractivity contribution in [1.29, 1.82) is 0 Å². The Bertz CT molecular complexity index is 1200. The second kappa shape index (κ2) is 6.14. The van der Waals surface area contributed by atoms with E-state index in [-0.39, 0.29) is 31.5 Å². The number of aliphatic hydroxyl groups is 1. The molecule has 1 aliphatic carbocycles. The number of esters is 1. The van der Waals surface area contributed by atoms with Gasteiger partial charge >= 0.3 is 5.97 Å². The maximum absolute atomic E-state index is 12.6.